The highest BCUT2D eigenvalue weighted by Crippen LogP contribution is 2.33. The van der Waals surface area contributed by atoms with Crippen molar-refractivity contribution in [3.05, 3.63) is 106 Å². The molecule has 0 aliphatic heterocycles. The molecule has 1 amide bonds. The van der Waals surface area contributed by atoms with Gasteiger partial charge in [-0.15, -0.1) is 0 Å². The summed E-state index contributed by atoms with van der Waals surface area (Å²) in [4.78, 5) is 26.1. The zero-order valence-corrected chi connectivity index (χ0v) is 20.6. The van der Waals surface area contributed by atoms with E-state index < -0.39 is 29.2 Å². The lowest BCUT2D eigenvalue weighted by Gasteiger charge is -2.12. The van der Waals surface area contributed by atoms with Crippen molar-refractivity contribution < 1.29 is 23.4 Å². The predicted octanol–water partition coefficient (Wildman–Crippen LogP) is 4.51. The maximum Gasteiger partial charge on any atom is 0.284 e. The number of hydrogen-bond acceptors (Lipinski definition) is 5. The largest absolute Gasteiger partial charge is 0.452 e. The van der Waals surface area contributed by atoms with Crippen LogP contribution in [0.1, 0.15) is 34.6 Å². The molecule has 9 nitrogen and oxygen atoms in total. The Labute approximate surface area is 215 Å². The molecule has 5 rings (SSSR count). The molecule has 1 unspecified atom stereocenters. The number of ether oxygens (including phenoxy) is 1. The maximum atomic E-state index is 15.0. The molecule has 0 saturated carbocycles. The minimum absolute atomic E-state index is 0.108. The van der Waals surface area contributed by atoms with Crippen LogP contribution in [-0.4, -0.2) is 30.0 Å². The van der Waals surface area contributed by atoms with E-state index in [9.17, 15) is 19.1 Å². The summed E-state index contributed by atoms with van der Waals surface area (Å²) in [6.07, 6.45) is 2.36. The summed E-state index contributed by atoms with van der Waals surface area (Å²) in [5.74, 6) is -1.74. The van der Waals surface area contributed by atoms with Crippen molar-refractivity contribution in [2.24, 2.45) is 7.05 Å². The molecule has 3 aromatic heterocycles. The minimum Gasteiger partial charge on any atom is -0.452 e. The number of carbonyl (C=O) groups excluding carboxylic acids is 1. The Hall–Kier alpha value is -4.77. The van der Waals surface area contributed by atoms with Crippen LogP contribution in [0.4, 0.5) is 14.5 Å². The molecule has 5 aromatic rings. The monoisotopic (exact) mass is 519 g/mol. The van der Waals surface area contributed by atoms with Crippen molar-refractivity contribution in [2.45, 2.75) is 20.0 Å². The van der Waals surface area contributed by atoms with Crippen LogP contribution in [0.2, 0.25) is 0 Å². The van der Waals surface area contributed by atoms with E-state index >= 15 is 4.39 Å². The van der Waals surface area contributed by atoms with E-state index in [2.05, 4.69) is 10.4 Å². The first-order valence-corrected chi connectivity index (χ1v) is 11.6. The standard InChI is InChI=1S/C27H23F2N5O4/c1-15-24(27(37)34(32(15)3)19-7-4-17(28)5-8-19)26(36)31-18-6-9-22(21(29)14-18)38-23-10-12-30-33-13-11-20(16(2)35)25(23)33/h4-14,16,35H,1-3H3,(H,31,36). The number of fused-ring (bicyclic) bond motifs is 1. The number of carbonyl (C=O) groups is 1. The quantitative estimate of drug-likeness (QED) is 0.344. The van der Waals surface area contributed by atoms with E-state index in [1.165, 1.54) is 56.5 Å². The Kier molecular flexibility index (Phi) is 6.29. The van der Waals surface area contributed by atoms with Gasteiger partial charge in [0.1, 0.15) is 16.9 Å². The Morgan fingerprint density at radius 2 is 1.82 bits per heavy atom. The molecule has 3 heterocycles. The predicted molar refractivity (Wildman–Crippen MR) is 136 cm³/mol. The molecular formula is C27H23F2N5O4. The normalized spacial score (nSPS) is 12.1. The van der Waals surface area contributed by atoms with Gasteiger partial charge >= 0.3 is 0 Å². The van der Waals surface area contributed by atoms with Gasteiger partial charge in [-0.05, 0) is 56.3 Å². The van der Waals surface area contributed by atoms with E-state index in [0.717, 1.165) is 6.07 Å². The van der Waals surface area contributed by atoms with Crippen molar-refractivity contribution >= 4 is 17.1 Å². The molecule has 0 fully saturated rings. The summed E-state index contributed by atoms with van der Waals surface area (Å²) in [5.41, 5.74) is 1.22. The number of halogens is 2. The molecule has 1 atom stereocenters. The minimum atomic E-state index is -0.789. The van der Waals surface area contributed by atoms with Crippen molar-refractivity contribution in [3.8, 4) is 17.2 Å². The van der Waals surface area contributed by atoms with E-state index in [1.807, 2.05) is 0 Å². The fourth-order valence-corrected chi connectivity index (χ4v) is 4.28. The second kappa shape index (κ2) is 9.60. The van der Waals surface area contributed by atoms with Crippen molar-refractivity contribution in [1.82, 2.24) is 19.0 Å². The fraction of sp³-hybridized carbons (Fsp3) is 0.148. The lowest BCUT2D eigenvalue weighted by Crippen LogP contribution is -2.25. The number of amides is 1. The summed E-state index contributed by atoms with van der Waals surface area (Å²) in [6, 6.07) is 12.4. The maximum absolute atomic E-state index is 15.0. The van der Waals surface area contributed by atoms with E-state index in [-0.39, 0.29) is 22.7 Å². The number of aliphatic hydroxyl groups excluding tert-OH is 1. The molecule has 0 aliphatic carbocycles. The lowest BCUT2D eigenvalue weighted by molar-refractivity contribution is 0.102. The molecule has 0 bridgehead atoms. The summed E-state index contributed by atoms with van der Waals surface area (Å²) >= 11 is 0. The second-order valence-electron chi connectivity index (χ2n) is 8.71. The van der Waals surface area contributed by atoms with Gasteiger partial charge in [0, 0.05) is 36.6 Å². The first-order chi connectivity index (χ1) is 18.2. The summed E-state index contributed by atoms with van der Waals surface area (Å²) < 4.78 is 38.4. The Morgan fingerprint density at radius 3 is 2.50 bits per heavy atom. The highest BCUT2D eigenvalue weighted by Gasteiger charge is 2.23. The number of nitrogens with one attached hydrogen (secondary N) is 1. The van der Waals surface area contributed by atoms with Crippen molar-refractivity contribution in [3.63, 3.8) is 0 Å². The van der Waals surface area contributed by atoms with Crippen LogP contribution in [0, 0.1) is 18.6 Å². The highest BCUT2D eigenvalue weighted by molar-refractivity contribution is 6.05. The third kappa shape index (κ3) is 4.33. The molecule has 2 N–H and O–H groups in total. The number of hydrogen-bond donors (Lipinski definition) is 2. The summed E-state index contributed by atoms with van der Waals surface area (Å²) in [6.45, 7) is 3.21. The Bertz CT molecular complexity index is 1740. The van der Waals surface area contributed by atoms with Gasteiger partial charge in [0.2, 0.25) is 0 Å². The van der Waals surface area contributed by atoms with Crippen LogP contribution in [0.5, 0.6) is 11.5 Å². The van der Waals surface area contributed by atoms with Crippen LogP contribution in [-0.2, 0) is 7.05 Å². The Morgan fingerprint density at radius 1 is 1.08 bits per heavy atom. The van der Waals surface area contributed by atoms with Crippen LogP contribution in [0.25, 0.3) is 11.2 Å². The van der Waals surface area contributed by atoms with Crippen molar-refractivity contribution in [1.29, 1.82) is 0 Å². The molecule has 0 spiro atoms. The van der Waals surface area contributed by atoms with Gasteiger partial charge in [-0.3, -0.25) is 14.3 Å². The van der Waals surface area contributed by atoms with Gasteiger partial charge in [-0.1, -0.05) is 0 Å². The SMILES string of the molecule is Cc1c(C(=O)Nc2ccc(Oc3ccnn4ccc(C(C)O)c34)c(F)c2)c(=O)n(-c2ccc(F)cc2)n1C. The molecule has 11 heteroatoms. The molecule has 194 valence electrons. The van der Waals surface area contributed by atoms with Crippen LogP contribution < -0.4 is 15.6 Å². The first kappa shape index (κ1) is 24.9. The van der Waals surface area contributed by atoms with Crippen molar-refractivity contribution in [2.75, 3.05) is 5.32 Å². The van der Waals surface area contributed by atoms with Gasteiger partial charge in [0.15, 0.2) is 17.3 Å². The first-order valence-electron chi connectivity index (χ1n) is 11.6. The van der Waals surface area contributed by atoms with Gasteiger partial charge in [0.25, 0.3) is 11.5 Å². The van der Waals surface area contributed by atoms with E-state index in [0.29, 0.717) is 22.5 Å². The Balaban J connectivity index is 1.41. The molecule has 0 saturated heterocycles. The van der Waals surface area contributed by atoms with Crippen LogP contribution in [0.3, 0.4) is 0 Å². The third-order valence-corrected chi connectivity index (χ3v) is 6.26. The fourth-order valence-electron chi connectivity index (χ4n) is 4.28. The van der Waals surface area contributed by atoms with Crippen LogP contribution in [0.15, 0.2) is 71.8 Å². The van der Waals surface area contributed by atoms with Gasteiger partial charge < -0.3 is 15.2 Å². The third-order valence-electron chi connectivity index (χ3n) is 6.26. The number of benzene rings is 2. The highest BCUT2D eigenvalue weighted by atomic mass is 19.1. The average Bonchev–Trinajstić information content (AvgIpc) is 3.41. The number of rotatable bonds is 6. The second-order valence-corrected chi connectivity index (χ2v) is 8.71. The summed E-state index contributed by atoms with van der Waals surface area (Å²) in [5, 5.41) is 16.8. The topological polar surface area (TPSA) is 103 Å². The molecule has 38 heavy (non-hydrogen) atoms. The molecular weight excluding hydrogens is 496 g/mol. The van der Waals surface area contributed by atoms with Gasteiger partial charge in [0.05, 0.1) is 23.7 Å². The summed E-state index contributed by atoms with van der Waals surface area (Å²) in [7, 11) is 1.60. The average molecular weight is 520 g/mol. The van der Waals surface area contributed by atoms with E-state index in [1.54, 1.807) is 39.2 Å². The zero-order valence-electron chi connectivity index (χ0n) is 20.6. The zero-order chi connectivity index (χ0) is 27.1. The number of anilines is 1. The van der Waals surface area contributed by atoms with Crippen LogP contribution >= 0.6 is 0 Å². The number of aromatic nitrogens is 4. The molecule has 2 aromatic carbocycles. The smallest absolute Gasteiger partial charge is 0.284 e. The van der Waals surface area contributed by atoms with Gasteiger partial charge in [-0.25, -0.2) is 18.0 Å². The number of aliphatic hydroxyl groups is 1. The molecule has 0 aliphatic rings. The lowest BCUT2D eigenvalue weighted by atomic mass is 10.1. The van der Waals surface area contributed by atoms with Gasteiger partial charge in [-0.2, -0.15) is 5.10 Å². The number of nitrogens with zero attached hydrogens (tertiary/aromatic N) is 4. The molecule has 0 radical (unpaired) electrons. The van der Waals surface area contributed by atoms with E-state index in [4.69, 9.17) is 4.74 Å².